The molecule has 1 heterocycles. The van der Waals surface area contributed by atoms with Crippen molar-refractivity contribution < 1.29 is 9.53 Å². The van der Waals surface area contributed by atoms with Crippen molar-refractivity contribution in [2.45, 2.75) is 13.5 Å². The third kappa shape index (κ3) is 2.31. The van der Waals surface area contributed by atoms with Gasteiger partial charge in [0.2, 0.25) is 5.78 Å². The van der Waals surface area contributed by atoms with Gasteiger partial charge in [-0.2, -0.15) is 0 Å². The van der Waals surface area contributed by atoms with Crippen molar-refractivity contribution in [3.8, 4) is 0 Å². The molecular weight excluding hydrogens is 202 g/mol. The van der Waals surface area contributed by atoms with Crippen LogP contribution >= 0.6 is 0 Å². The minimum Gasteiger partial charge on any atom is -0.483 e. The first-order chi connectivity index (χ1) is 7.77. The zero-order valence-electron chi connectivity index (χ0n) is 9.01. The molecule has 2 rings (SSSR count). The van der Waals surface area contributed by atoms with Crippen LogP contribution in [-0.4, -0.2) is 5.78 Å². The number of carbonyl (C=O) groups is 1. The van der Waals surface area contributed by atoms with E-state index in [0.29, 0.717) is 18.1 Å². The molecule has 0 atom stereocenters. The Morgan fingerprint density at radius 3 is 2.69 bits per heavy atom. The number of allylic oxidation sites excluding steroid dienone is 2. The van der Waals surface area contributed by atoms with Crippen LogP contribution in [0.5, 0.6) is 0 Å². The zero-order valence-corrected chi connectivity index (χ0v) is 9.01. The average molecular weight is 214 g/mol. The minimum atomic E-state index is -0.122. The summed E-state index contributed by atoms with van der Waals surface area (Å²) in [6, 6.07) is 9.73. The van der Waals surface area contributed by atoms with E-state index in [2.05, 4.69) is 5.32 Å². The Bertz CT molecular complexity index is 446. The molecule has 0 amide bonds. The summed E-state index contributed by atoms with van der Waals surface area (Å²) in [5, 5.41) is 4.03. The summed E-state index contributed by atoms with van der Waals surface area (Å²) in [5.41, 5.74) is 1.66. The van der Waals surface area contributed by atoms with Gasteiger partial charge in [0, 0.05) is 12.3 Å². The molecule has 0 saturated carbocycles. The van der Waals surface area contributed by atoms with Crippen molar-refractivity contribution in [3.63, 3.8) is 0 Å². The molecule has 0 saturated heterocycles. The number of ether oxygens (including phenoxy) is 1. The maximum Gasteiger partial charge on any atom is 0.223 e. The Hall–Kier alpha value is -2.03. The van der Waals surface area contributed by atoms with Gasteiger partial charge in [-0.1, -0.05) is 30.3 Å². The van der Waals surface area contributed by atoms with E-state index < -0.39 is 0 Å². The highest BCUT2D eigenvalue weighted by molar-refractivity contribution is 6.03. The van der Waals surface area contributed by atoms with E-state index in [1.165, 1.54) is 12.3 Å². The second-order valence-electron chi connectivity index (χ2n) is 3.50. The third-order valence-electron chi connectivity index (χ3n) is 2.27. The predicted molar refractivity (Wildman–Crippen MR) is 60.2 cm³/mol. The second kappa shape index (κ2) is 4.66. The Balaban J connectivity index is 2.03. The first-order valence-corrected chi connectivity index (χ1v) is 5.06. The normalized spacial score (nSPS) is 14.9. The highest BCUT2D eigenvalue weighted by Gasteiger charge is 2.16. The number of rotatable bonds is 3. The summed E-state index contributed by atoms with van der Waals surface area (Å²) < 4.78 is 5.48. The topological polar surface area (TPSA) is 40.4 Å². The standard InChI is InChI=1S/C13H12NO2/c1-10-13(12(15)7-8-14-10)16-9-11-5-3-2-4-6-11/h2-8H,9H2,1H3. The lowest BCUT2D eigenvalue weighted by atomic mass is 10.2. The summed E-state index contributed by atoms with van der Waals surface area (Å²) in [6.07, 6.45) is 2.90. The van der Waals surface area contributed by atoms with E-state index in [9.17, 15) is 4.79 Å². The second-order valence-corrected chi connectivity index (χ2v) is 3.50. The molecule has 0 N–H and O–H groups in total. The largest absolute Gasteiger partial charge is 0.483 e. The fraction of sp³-hybridized carbons (Fsp3) is 0.154. The van der Waals surface area contributed by atoms with Crippen molar-refractivity contribution in [2.75, 3.05) is 0 Å². The van der Waals surface area contributed by atoms with Crippen LogP contribution in [0.2, 0.25) is 0 Å². The van der Waals surface area contributed by atoms with E-state index in [1.807, 2.05) is 30.3 Å². The molecular formula is C13H12NO2. The first kappa shape index (κ1) is 10.5. The molecule has 0 fully saturated rings. The third-order valence-corrected chi connectivity index (χ3v) is 2.27. The van der Waals surface area contributed by atoms with Gasteiger partial charge in [-0.25, -0.2) is 0 Å². The van der Waals surface area contributed by atoms with Crippen LogP contribution in [0.4, 0.5) is 0 Å². The summed E-state index contributed by atoms with van der Waals surface area (Å²) in [7, 11) is 0. The summed E-state index contributed by atoms with van der Waals surface area (Å²) in [5.74, 6) is 0.217. The molecule has 0 bridgehead atoms. The highest BCUT2D eigenvalue weighted by Crippen LogP contribution is 2.14. The Morgan fingerprint density at radius 1 is 1.25 bits per heavy atom. The van der Waals surface area contributed by atoms with Crippen LogP contribution in [0.3, 0.4) is 0 Å². The van der Waals surface area contributed by atoms with Gasteiger partial charge < -0.3 is 4.74 Å². The van der Waals surface area contributed by atoms with Crippen LogP contribution in [0.1, 0.15) is 12.5 Å². The van der Waals surface area contributed by atoms with Crippen molar-refractivity contribution in [1.29, 1.82) is 0 Å². The molecule has 1 aromatic rings. The molecule has 0 spiro atoms. The van der Waals surface area contributed by atoms with E-state index in [4.69, 9.17) is 4.74 Å². The van der Waals surface area contributed by atoms with E-state index >= 15 is 0 Å². The zero-order chi connectivity index (χ0) is 11.4. The summed E-state index contributed by atoms with van der Waals surface area (Å²) in [6.45, 7) is 2.16. The molecule has 3 nitrogen and oxygen atoms in total. The average Bonchev–Trinajstić information content (AvgIpc) is 2.30. The fourth-order valence-electron chi connectivity index (χ4n) is 1.43. The number of ketones is 1. The van der Waals surface area contributed by atoms with Crippen LogP contribution in [0.15, 0.2) is 54.1 Å². The van der Waals surface area contributed by atoms with Crippen LogP contribution < -0.4 is 5.32 Å². The van der Waals surface area contributed by atoms with E-state index in [-0.39, 0.29) is 5.78 Å². The lowest BCUT2D eigenvalue weighted by Gasteiger charge is -2.13. The van der Waals surface area contributed by atoms with Crippen molar-refractivity contribution in [1.82, 2.24) is 5.32 Å². The molecule has 1 aliphatic heterocycles. The monoisotopic (exact) mass is 214 g/mol. The molecule has 0 aromatic heterocycles. The molecule has 1 radical (unpaired) electrons. The fourth-order valence-corrected chi connectivity index (χ4v) is 1.43. The molecule has 16 heavy (non-hydrogen) atoms. The summed E-state index contributed by atoms with van der Waals surface area (Å²) >= 11 is 0. The number of hydrogen-bond donors (Lipinski definition) is 0. The van der Waals surface area contributed by atoms with Gasteiger partial charge in [-0.3, -0.25) is 10.1 Å². The first-order valence-electron chi connectivity index (χ1n) is 5.06. The van der Waals surface area contributed by atoms with Crippen LogP contribution in [0, 0.1) is 0 Å². The SMILES string of the molecule is CC1=C(OCc2ccccc2)C(=O)C=C[N]1. The van der Waals surface area contributed by atoms with Crippen molar-refractivity contribution in [2.24, 2.45) is 0 Å². The van der Waals surface area contributed by atoms with E-state index in [0.717, 1.165) is 5.56 Å². The Labute approximate surface area is 94.4 Å². The maximum atomic E-state index is 11.5. The molecule has 81 valence electrons. The highest BCUT2D eigenvalue weighted by atomic mass is 16.5. The molecule has 0 aliphatic carbocycles. The number of benzene rings is 1. The maximum absolute atomic E-state index is 11.5. The van der Waals surface area contributed by atoms with Crippen molar-refractivity contribution in [3.05, 3.63) is 59.6 Å². The summed E-state index contributed by atoms with van der Waals surface area (Å²) in [4.78, 5) is 11.5. The van der Waals surface area contributed by atoms with Crippen LogP contribution in [0.25, 0.3) is 0 Å². The molecule has 1 aliphatic rings. The lowest BCUT2D eigenvalue weighted by molar-refractivity contribution is -0.115. The quantitative estimate of drug-likeness (QED) is 0.773. The van der Waals surface area contributed by atoms with Gasteiger partial charge >= 0.3 is 0 Å². The van der Waals surface area contributed by atoms with Gasteiger partial charge in [-0.15, -0.1) is 0 Å². The van der Waals surface area contributed by atoms with Gasteiger partial charge in [-0.05, 0) is 12.5 Å². The smallest absolute Gasteiger partial charge is 0.223 e. The number of nitrogens with zero attached hydrogens (tertiary/aromatic N) is 1. The number of hydrogen-bond acceptors (Lipinski definition) is 2. The van der Waals surface area contributed by atoms with Gasteiger partial charge in [0.05, 0.1) is 5.70 Å². The Kier molecular flexibility index (Phi) is 3.05. The molecule has 3 heteroatoms. The molecule has 0 unspecified atom stereocenters. The van der Waals surface area contributed by atoms with Crippen LogP contribution in [-0.2, 0) is 16.1 Å². The van der Waals surface area contributed by atoms with E-state index in [1.54, 1.807) is 6.92 Å². The van der Waals surface area contributed by atoms with Gasteiger partial charge in [0.1, 0.15) is 6.61 Å². The molecule has 1 aromatic carbocycles. The lowest BCUT2D eigenvalue weighted by Crippen LogP contribution is -2.14. The van der Waals surface area contributed by atoms with Crippen molar-refractivity contribution >= 4 is 5.78 Å². The number of carbonyl (C=O) groups excluding carboxylic acids is 1. The minimum absolute atomic E-state index is 0.122. The Morgan fingerprint density at radius 2 is 2.00 bits per heavy atom. The van der Waals surface area contributed by atoms with Gasteiger partial charge in [0.15, 0.2) is 5.76 Å². The van der Waals surface area contributed by atoms with Gasteiger partial charge in [0.25, 0.3) is 0 Å². The predicted octanol–water partition coefficient (Wildman–Crippen LogP) is 2.14.